The van der Waals surface area contributed by atoms with Gasteiger partial charge in [-0.3, -0.25) is 9.48 Å². The van der Waals surface area contributed by atoms with E-state index in [1.54, 1.807) is 0 Å². The Hall–Kier alpha value is -2.18. The van der Waals surface area contributed by atoms with E-state index in [0.29, 0.717) is 19.1 Å². The lowest BCUT2D eigenvalue weighted by Crippen LogP contribution is -2.37. The zero-order chi connectivity index (χ0) is 18.6. The number of hydrogen-bond acceptors (Lipinski definition) is 4. The molecular weight excluding hydrogens is 340 g/mol. The van der Waals surface area contributed by atoms with Crippen molar-refractivity contribution in [3.63, 3.8) is 0 Å². The second-order valence-electron chi connectivity index (χ2n) is 7.76. The van der Waals surface area contributed by atoms with Crippen LogP contribution in [-0.2, 0) is 23.2 Å². The van der Waals surface area contributed by atoms with E-state index in [2.05, 4.69) is 22.5 Å². The Morgan fingerprint density at radius 3 is 2.93 bits per heavy atom. The number of ether oxygens (including phenoxy) is 1. The minimum Gasteiger partial charge on any atom is -0.376 e. The largest absolute Gasteiger partial charge is 0.376 e. The van der Waals surface area contributed by atoms with E-state index in [0.717, 1.165) is 38.2 Å². The van der Waals surface area contributed by atoms with Gasteiger partial charge in [0.25, 0.3) is 0 Å². The molecule has 1 amide bonds. The zero-order valence-electron chi connectivity index (χ0n) is 15.9. The maximum absolute atomic E-state index is 13.1. The number of aromatic nitrogens is 2. The van der Waals surface area contributed by atoms with E-state index in [9.17, 15) is 4.79 Å². The van der Waals surface area contributed by atoms with E-state index in [1.165, 1.54) is 5.56 Å². The first-order valence-corrected chi connectivity index (χ1v) is 9.80. The highest BCUT2D eigenvalue weighted by Gasteiger charge is 2.39. The molecule has 6 nitrogen and oxygen atoms in total. The third-order valence-corrected chi connectivity index (χ3v) is 5.75. The van der Waals surface area contributed by atoms with Gasteiger partial charge < -0.3 is 15.0 Å². The van der Waals surface area contributed by atoms with E-state index >= 15 is 0 Å². The molecule has 0 aliphatic carbocycles. The molecule has 1 unspecified atom stereocenters. The molecule has 0 radical (unpaired) electrons. The molecule has 1 aromatic heterocycles. The van der Waals surface area contributed by atoms with Crippen LogP contribution in [0.5, 0.6) is 0 Å². The van der Waals surface area contributed by atoms with Crippen LogP contribution in [0.25, 0.3) is 0 Å². The molecule has 27 heavy (non-hydrogen) atoms. The second kappa shape index (κ2) is 8.23. The summed E-state index contributed by atoms with van der Waals surface area (Å²) in [5.41, 5.74) is 2.35. The summed E-state index contributed by atoms with van der Waals surface area (Å²) in [4.78, 5) is 15.1. The molecule has 2 aliphatic heterocycles. The van der Waals surface area contributed by atoms with Crippen LogP contribution in [0.15, 0.2) is 42.7 Å². The SMILES string of the molecule is Cn1cc([C@H]2CNC[C@@H]2C(=O)N2CCC(COCc3ccccc3)C2)cn1. The first-order valence-electron chi connectivity index (χ1n) is 9.80. The molecule has 1 aromatic carbocycles. The summed E-state index contributed by atoms with van der Waals surface area (Å²) in [6.45, 7) is 4.61. The van der Waals surface area contributed by atoms with Crippen molar-refractivity contribution in [1.82, 2.24) is 20.0 Å². The quantitative estimate of drug-likeness (QED) is 0.845. The highest BCUT2D eigenvalue weighted by Crippen LogP contribution is 2.31. The Labute approximate surface area is 160 Å². The number of amides is 1. The first kappa shape index (κ1) is 18.2. The summed E-state index contributed by atoms with van der Waals surface area (Å²) in [5.74, 6) is 0.945. The fourth-order valence-corrected chi connectivity index (χ4v) is 4.24. The third-order valence-electron chi connectivity index (χ3n) is 5.75. The number of carbonyl (C=O) groups excluding carboxylic acids is 1. The lowest BCUT2D eigenvalue weighted by Gasteiger charge is -2.24. The Kier molecular flexibility index (Phi) is 5.55. The minimum absolute atomic E-state index is 0.0122. The van der Waals surface area contributed by atoms with Gasteiger partial charge in [-0.25, -0.2) is 0 Å². The molecule has 2 aliphatic rings. The van der Waals surface area contributed by atoms with Gasteiger partial charge in [0.05, 0.1) is 25.3 Å². The molecule has 2 saturated heterocycles. The van der Waals surface area contributed by atoms with Crippen molar-refractivity contribution < 1.29 is 9.53 Å². The van der Waals surface area contributed by atoms with E-state index in [-0.39, 0.29) is 17.7 Å². The van der Waals surface area contributed by atoms with Gasteiger partial charge in [-0.15, -0.1) is 0 Å². The molecule has 0 saturated carbocycles. The lowest BCUT2D eigenvalue weighted by atomic mass is 9.90. The van der Waals surface area contributed by atoms with Crippen molar-refractivity contribution >= 4 is 5.91 Å². The maximum Gasteiger partial charge on any atom is 0.227 e. The van der Waals surface area contributed by atoms with Crippen molar-refractivity contribution in [2.45, 2.75) is 18.9 Å². The molecule has 0 spiro atoms. The van der Waals surface area contributed by atoms with Gasteiger partial charge in [-0.05, 0) is 17.5 Å². The average Bonchev–Trinajstić information content (AvgIpc) is 3.42. The van der Waals surface area contributed by atoms with Crippen molar-refractivity contribution in [3.8, 4) is 0 Å². The topological polar surface area (TPSA) is 59.4 Å². The van der Waals surface area contributed by atoms with Gasteiger partial charge in [0, 0.05) is 51.3 Å². The molecule has 3 atom stereocenters. The predicted molar refractivity (Wildman–Crippen MR) is 103 cm³/mol. The normalized spacial score (nSPS) is 25.2. The standard InChI is InChI=1S/C21H28N4O2/c1-24-13-18(9-23-24)19-10-22-11-20(19)21(26)25-8-7-17(12-25)15-27-14-16-5-3-2-4-6-16/h2-6,9,13,17,19-20,22H,7-8,10-12,14-15H2,1H3/t17?,19-,20+/m1/s1. The van der Waals surface area contributed by atoms with Crippen molar-refractivity contribution in [2.75, 3.05) is 32.8 Å². The van der Waals surface area contributed by atoms with Crippen molar-refractivity contribution in [1.29, 1.82) is 0 Å². The predicted octanol–water partition coefficient (Wildman–Crippen LogP) is 1.79. The highest BCUT2D eigenvalue weighted by molar-refractivity contribution is 5.81. The van der Waals surface area contributed by atoms with Crippen molar-refractivity contribution in [3.05, 3.63) is 53.9 Å². The van der Waals surface area contributed by atoms with Gasteiger partial charge in [-0.2, -0.15) is 5.10 Å². The molecule has 2 aromatic rings. The zero-order valence-corrected chi connectivity index (χ0v) is 15.9. The van der Waals surface area contributed by atoms with E-state index in [1.807, 2.05) is 47.2 Å². The number of aryl methyl sites for hydroxylation is 1. The Bertz CT molecular complexity index is 761. The van der Waals surface area contributed by atoms with Gasteiger partial charge in [-0.1, -0.05) is 30.3 Å². The average molecular weight is 368 g/mol. The number of likely N-dealkylation sites (tertiary alicyclic amines) is 1. The van der Waals surface area contributed by atoms with Crippen molar-refractivity contribution in [2.24, 2.45) is 18.9 Å². The van der Waals surface area contributed by atoms with Gasteiger partial charge >= 0.3 is 0 Å². The van der Waals surface area contributed by atoms with Crippen LogP contribution in [0.2, 0.25) is 0 Å². The molecule has 0 bridgehead atoms. The number of nitrogens with one attached hydrogen (secondary N) is 1. The summed E-state index contributed by atoms with van der Waals surface area (Å²) in [6.07, 6.45) is 4.95. The van der Waals surface area contributed by atoms with Crippen LogP contribution >= 0.6 is 0 Å². The smallest absolute Gasteiger partial charge is 0.227 e. The number of carbonyl (C=O) groups is 1. The summed E-state index contributed by atoms with van der Waals surface area (Å²) in [7, 11) is 1.92. The van der Waals surface area contributed by atoms with Crippen LogP contribution in [-0.4, -0.2) is 53.4 Å². The monoisotopic (exact) mass is 368 g/mol. The molecule has 6 heteroatoms. The van der Waals surface area contributed by atoms with Crippen LogP contribution in [0.3, 0.4) is 0 Å². The number of hydrogen-bond donors (Lipinski definition) is 1. The number of nitrogens with zero attached hydrogens (tertiary/aromatic N) is 3. The van der Waals surface area contributed by atoms with E-state index in [4.69, 9.17) is 4.74 Å². The molecular formula is C21H28N4O2. The Balaban J connectivity index is 1.28. The fourth-order valence-electron chi connectivity index (χ4n) is 4.24. The first-order chi connectivity index (χ1) is 13.2. The van der Waals surface area contributed by atoms with Crippen LogP contribution in [0.1, 0.15) is 23.5 Å². The Morgan fingerprint density at radius 2 is 2.15 bits per heavy atom. The summed E-state index contributed by atoms with van der Waals surface area (Å²) in [5, 5.41) is 7.66. The minimum atomic E-state index is 0.0122. The Morgan fingerprint density at radius 1 is 1.30 bits per heavy atom. The number of benzene rings is 1. The third kappa shape index (κ3) is 4.22. The second-order valence-corrected chi connectivity index (χ2v) is 7.76. The van der Waals surface area contributed by atoms with E-state index < -0.39 is 0 Å². The molecule has 1 N–H and O–H groups in total. The molecule has 144 valence electrons. The van der Waals surface area contributed by atoms with Gasteiger partial charge in [0.1, 0.15) is 0 Å². The number of rotatable bonds is 6. The summed E-state index contributed by atoms with van der Waals surface area (Å²) in [6, 6.07) is 10.2. The molecule has 4 rings (SSSR count). The van der Waals surface area contributed by atoms with Gasteiger partial charge in [0.2, 0.25) is 5.91 Å². The van der Waals surface area contributed by atoms with Gasteiger partial charge in [0.15, 0.2) is 0 Å². The summed E-state index contributed by atoms with van der Waals surface area (Å²) >= 11 is 0. The van der Waals surface area contributed by atoms with Crippen LogP contribution in [0, 0.1) is 11.8 Å². The van der Waals surface area contributed by atoms with Crippen LogP contribution in [0.4, 0.5) is 0 Å². The maximum atomic E-state index is 13.1. The highest BCUT2D eigenvalue weighted by atomic mass is 16.5. The molecule has 2 fully saturated rings. The molecule has 3 heterocycles. The lowest BCUT2D eigenvalue weighted by molar-refractivity contribution is -0.134. The van der Waals surface area contributed by atoms with Crippen LogP contribution < -0.4 is 5.32 Å². The fraction of sp³-hybridized carbons (Fsp3) is 0.524. The summed E-state index contributed by atoms with van der Waals surface area (Å²) < 4.78 is 7.70.